The number of hydrogen-bond acceptors (Lipinski definition) is 1. The Morgan fingerprint density at radius 3 is 2.43 bits per heavy atom. The third-order valence-electron chi connectivity index (χ3n) is 1.88. The molecular weight excluding hydrogens is 184 g/mol. The summed E-state index contributed by atoms with van der Waals surface area (Å²) in [7, 11) is 0. The van der Waals surface area contributed by atoms with Crippen LogP contribution in [0.2, 0.25) is 0 Å². The molecule has 0 aliphatic carbocycles. The molecule has 0 fully saturated rings. The van der Waals surface area contributed by atoms with Crippen LogP contribution in [0.4, 0.5) is 14.5 Å². The third-order valence-corrected chi connectivity index (χ3v) is 1.88. The number of rotatable bonds is 1. The molecule has 0 radical (unpaired) electrons. The lowest BCUT2D eigenvalue weighted by atomic mass is 10.1. The average Bonchev–Trinajstić information content (AvgIpc) is 2.64. The van der Waals surface area contributed by atoms with Gasteiger partial charge in [0.25, 0.3) is 6.43 Å². The van der Waals surface area contributed by atoms with E-state index in [0.717, 1.165) is 5.56 Å². The Hall–Kier alpha value is -1.25. The predicted molar refractivity (Wildman–Crippen MR) is 54.6 cm³/mol. The zero-order valence-corrected chi connectivity index (χ0v) is 8.30. The van der Waals surface area contributed by atoms with Gasteiger partial charge in [-0.15, -0.1) is 0 Å². The Bertz CT molecular complexity index is 332. The molecule has 14 heavy (non-hydrogen) atoms. The molecule has 1 aliphatic heterocycles. The minimum absolute atomic E-state index is 0.0174. The second-order valence-corrected chi connectivity index (χ2v) is 2.71. The number of nitrogens with zero attached hydrogens (tertiary/aromatic N) is 1. The largest absolute Gasteiger partial charge is 0.276 e. The van der Waals surface area contributed by atoms with Crippen molar-refractivity contribution in [2.24, 2.45) is 4.99 Å². The van der Waals surface area contributed by atoms with Crippen LogP contribution in [-0.4, -0.2) is 12.1 Å². The first kappa shape index (κ1) is 10.8. The Morgan fingerprint density at radius 1 is 1.21 bits per heavy atom. The van der Waals surface area contributed by atoms with Gasteiger partial charge in [0.15, 0.2) is 0 Å². The van der Waals surface area contributed by atoms with Gasteiger partial charge < -0.3 is 0 Å². The quantitative estimate of drug-likeness (QED) is 0.652. The SMILES string of the molecule is CC.FC(F)C1=Nc2ccccc2C1. The van der Waals surface area contributed by atoms with Crippen LogP contribution in [0.15, 0.2) is 29.3 Å². The highest BCUT2D eigenvalue weighted by Crippen LogP contribution is 2.27. The van der Waals surface area contributed by atoms with Gasteiger partial charge in [0.1, 0.15) is 0 Å². The topological polar surface area (TPSA) is 12.4 Å². The molecule has 0 saturated carbocycles. The Labute approximate surface area is 82.5 Å². The average molecular weight is 197 g/mol. The summed E-state index contributed by atoms with van der Waals surface area (Å²) < 4.78 is 24.3. The minimum Gasteiger partial charge on any atom is -0.251 e. The summed E-state index contributed by atoms with van der Waals surface area (Å²) >= 11 is 0. The van der Waals surface area contributed by atoms with E-state index in [4.69, 9.17) is 0 Å². The van der Waals surface area contributed by atoms with Gasteiger partial charge in [-0.05, 0) is 11.6 Å². The molecule has 0 bridgehead atoms. The fourth-order valence-electron chi connectivity index (χ4n) is 1.28. The van der Waals surface area contributed by atoms with Crippen LogP contribution in [-0.2, 0) is 6.42 Å². The molecular formula is C11H13F2N. The number of aliphatic imine (C=N–C) groups is 1. The molecule has 1 aliphatic rings. The second kappa shape index (κ2) is 4.84. The Kier molecular flexibility index (Phi) is 3.74. The number of benzene rings is 1. The van der Waals surface area contributed by atoms with Crippen LogP contribution in [0, 0.1) is 0 Å². The molecule has 3 heteroatoms. The van der Waals surface area contributed by atoms with E-state index in [1.54, 1.807) is 12.1 Å². The molecule has 0 atom stereocenters. The first-order chi connectivity index (χ1) is 6.77. The lowest BCUT2D eigenvalue weighted by Gasteiger charge is -1.94. The maximum atomic E-state index is 12.2. The van der Waals surface area contributed by atoms with Gasteiger partial charge in [0, 0.05) is 6.42 Å². The lowest BCUT2D eigenvalue weighted by Crippen LogP contribution is -2.09. The van der Waals surface area contributed by atoms with Gasteiger partial charge in [0.2, 0.25) is 0 Å². The zero-order chi connectivity index (χ0) is 10.6. The molecule has 76 valence electrons. The third kappa shape index (κ3) is 2.16. The number of para-hydroxylation sites is 1. The van der Waals surface area contributed by atoms with Crippen molar-refractivity contribution in [3.63, 3.8) is 0 Å². The van der Waals surface area contributed by atoms with E-state index in [1.807, 2.05) is 26.0 Å². The van der Waals surface area contributed by atoms with Crippen LogP contribution in [0.3, 0.4) is 0 Å². The smallest absolute Gasteiger partial charge is 0.251 e. The lowest BCUT2D eigenvalue weighted by molar-refractivity contribution is 0.224. The van der Waals surface area contributed by atoms with Crippen LogP contribution >= 0.6 is 0 Å². The van der Waals surface area contributed by atoms with E-state index in [2.05, 4.69) is 4.99 Å². The van der Waals surface area contributed by atoms with Crippen LogP contribution in [0.1, 0.15) is 19.4 Å². The van der Waals surface area contributed by atoms with E-state index < -0.39 is 6.43 Å². The molecule has 2 rings (SSSR count). The molecule has 0 amide bonds. The molecule has 0 saturated heterocycles. The number of hydrogen-bond donors (Lipinski definition) is 0. The highest BCUT2D eigenvalue weighted by molar-refractivity contribution is 5.96. The molecule has 0 aromatic heterocycles. The van der Waals surface area contributed by atoms with Gasteiger partial charge in [-0.25, -0.2) is 8.78 Å². The summed E-state index contributed by atoms with van der Waals surface area (Å²) in [6.07, 6.45) is -2.12. The van der Waals surface area contributed by atoms with Crippen LogP contribution in [0.25, 0.3) is 0 Å². The monoisotopic (exact) mass is 197 g/mol. The van der Waals surface area contributed by atoms with Gasteiger partial charge in [-0.1, -0.05) is 32.0 Å². The summed E-state index contributed by atoms with van der Waals surface area (Å²) in [6.45, 7) is 4.00. The second-order valence-electron chi connectivity index (χ2n) is 2.71. The van der Waals surface area contributed by atoms with Crippen molar-refractivity contribution in [3.8, 4) is 0 Å². The summed E-state index contributed by atoms with van der Waals surface area (Å²) in [5.74, 6) is 0. The number of alkyl halides is 2. The molecule has 1 nitrogen and oxygen atoms in total. The Balaban J connectivity index is 0.000000461. The van der Waals surface area contributed by atoms with E-state index in [0.29, 0.717) is 12.1 Å². The minimum atomic E-state index is -2.42. The fourth-order valence-corrected chi connectivity index (χ4v) is 1.28. The van der Waals surface area contributed by atoms with Crippen LogP contribution in [0.5, 0.6) is 0 Å². The number of fused-ring (bicyclic) bond motifs is 1. The molecule has 0 unspecified atom stereocenters. The molecule has 0 N–H and O–H groups in total. The first-order valence-corrected chi connectivity index (χ1v) is 4.71. The van der Waals surface area contributed by atoms with Crippen molar-refractivity contribution in [2.75, 3.05) is 0 Å². The summed E-state index contributed by atoms with van der Waals surface area (Å²) in [5.41, 5.74) is 1.57. The van der Waals surface area contributed by atoms with Crippen molar-refractivity contribution < 1.29 is 8.78 Å². The van der Waals surface area contributed by atoms with Gasteiger partial charge in [-0.2, -0.15) is 0 Å². The summed E-state index contributed by atoms with van der Waals surface area (Å²) in [6, 6.07) is 7.22. The normalized spacial score (nSPS) is 13.1. The first-order valence-electron chi connectivity index (χ1n) is 4.71. The van der Waals surface area contributed by atoms with E-state index >= 15 is 0 Å². The maximum absolute atomic E-state index is 12.2. The predicted octanol–water partition coefficient (Wildman–Crippen LogP) is 3.61. The number of halogens is 2. The van der Waals surface area contributed by atoms with Crippen molar-refractivity contribution in [3.05, 3.63) is 29.8 Å². The van der Waals surface area contributed by atoms with E-state index in [9.17, 15) is 8.78 Å². The maximum Gasteiger partial charge on any atom is 0.276 e. The summed E-state index contributed by atoms with van der Waals surface area (Å²) in [5, 5.41) is 0. The molecule has 1 heterocycles. The summed E-state index contributed by atoms with van der Waals surface area (Å²) in [4.78, 5) is 3.82. The van der Waals surface area contributed by atoms with Crippen LogP contribution < -0.4 is 0 Å². The van der Waals surface area contributed by atoms with E-state index in [1.165, 1.54) is 0 Å². The molecule has 1 aromatic rings. The van der Waals surface area contributed by atoms with Gasteiger partial charge in [-0.3, -0.25) is 4.99 Å². The highest BCUT2D eigenvalue weighted by atomic mass is 19.3. The van der Waals surface area contributed by atoms with Crippen molar-refractivity contribution in [2.45, 2.75) is 26.7 Å². The van der Waals surface area contributed by atoms with Crippen molar-refractivity contribution in [1.82, 2.24) is 0 Å². The van der Waals surface area contributed by atoms with Gasteiger partial charge in [0.05, 0.1) is 11.4 Å². The van der Waals surface area contributed by atoms with Crippen molar-refractivity contribution >= 4 is 11.4 Å². The Morgan fingerprint density at radius 2 is 1.86 bits per heavy atom. The standard InChI is InChI=1S/C9H7F2N.C2H6/c10-9(11)8-5-6-3-1-2-4-7(6)12-8;1-2/h1-4,9H,5H2;1-2H3. The van der Waals surface area contributed by atoms with Crippen molar-refractivity contribution in [1.29, 1.82) is 0 Å². The van der Waals surface area contributed by atoms with E-state index in [-0.39, 0.29) is 5.71 Å². The highest BCUT2D eigenvalue weighted by Gasteiger charge is 2.20. The fraction of sp³-hybridized carbons (Fsp3) is 0.364. The molecule has 1 aromatic carbocycles. The molecule has 0 spiro atoms. The zero-order valence-electron chi connectivity index (χ0n) is 8.30. The van der Waals surface area contributed by atoms with Gasteiger partial charge >= 0.3 is 0 Å².